The lowest BCUT2D eigenvalue weighted by Crippen LogP contribution is -2.60. The summed E-state index contributed by atoms with van der Waals surface area (Å²) in [6.07, 6.45) is 10.7. The minimum Gasteiger partial charge on any atom is -0.391 e. The quantitative estimate of drug-likeness (QED) is 0.683. The van der Waals surface area contributed by atoms with E-state index in [0.717, 1.165) is 50.5 Å². The highest BCUT2D eigenvalue weighted by Gasteiger charge is 2.63. The highest BCUT2D eigenvalue weighted by atomic mass is 16.5. The number of nitrogens with zero attached hydrogens (tertiary/aromatic N) is 2. The molecule has 6 fully saturated rings. The Balaban J connectivity index is 1.22. The summed E-state index contributed by atoms with van der Waals surface area (Å²) in [4.78, 5) is 5.14. The molecule has 5 heteroatoms. The van der Waals surface area contributed by atoms with Crippen LogP contribution in [0.3, 0.4) is 0 Å². The summed E-state index contributed by atoms with van der Waals surface area (Å²) in [6, 6.07) is 0.717. The topological polar surface area (TPSA) is 56.2 Å². The second-order valence-corrected chi connectivity index (χ2v) is 12.9. The standard InChI is InChI=1S/C27H46N2O3/c1-26-8-7-20-19(21(26)16-23(25(26)31)28-9-3-4-10-28)6-5-18-15-22(24(30)17-27(18,20)2)29-11-13-32-14-12-29/h18-25,30-31H,3-17H2,1-2H3/t18-,19?,20?,21?,22+,23-,24+,25-,26-,27-/m0/s1. The highest BCUT2D eigenvalue weighted by Crippen LogP contribution is 2.66. The number of rotatable bonds is 2. The number of ether oxygens (including phenoxy) is 1. The highest BCUT2D eigenvalue weighted by molar-refractivity contribution is 5.14. The van der Waals surface area contributed by atoms with Gasteiger partial charge in [0.05, 0.1) is 25.4 Å². The van der Waals surface area contributed by atoms with E-state index in [1.165, 1.54) is 64.5 Å². The lowest BCUT2D eigenvalue weighted by Gasteiger charge is -2.62. The van der Waals surface area contributed by atoms with E-state index < -0.39 is 0 Å². The van der Waals surface area contributed by atoms with Gasteiger partial charge in [0.1, 0.15) is 0 Å². The van der Waals surface area contributed by atoms with Crippen molar-refractivity contribution >= 4 is 0 Å². The first-order valence-corrected chi connectivity index (χ1v) is 13.8. The molecule has 6 aliphatic rings. The van der Waals surface area contributed by atoms with Crippen molar-refractivity contribution in [2.24, 2.45) is 34.5 Å². The molecule has 3 unspecified atom stereocenters. The van der Waals surface area contributed by atoms with Crippen molar-refractivity contribution in [1.29, 1.82) is 0 Å². The fourth-order valence-corrected chi connectivity index (χ4v) is 9.99. The number of morpholine rings is 1. The third-order valence-electron chi connectivity index (χ3n) is 11.8. The predicted molar refractivity (Wildman–Crippen MR) is 125 cm³/mol. The maximum Gasteiger partial charge on any atom is 0.0751 e. The van der Waals surface area contributed by atoms with Gasteiger partial charge in [-0.15, -0.1) is 0 Å². The van der Waals surface area contributed by atoms with Gasteiger partial charge >= 0.3 is 0 Å². The van der Waals surface area contributed by atoms with Gasteiger partial charge in [0, 0.05) is 25.2 Å². The molecular weight excluding hydrogens is 400 g/mol. The maximum atomic E-state index is 11.5. The van der Waals surface area contributed by atoms with Crippen LogP contribution in [0.15, 0.2) is 0 Å². The van der Waals surface area contributed by atoms with E-state index >= 15 is 0 Å². The van der Waals surface area contributed by atoms with E-state index in [1.54, 1.807) is 0 Å². The molecule has 10 atom stereocenters. The molecule has 4 aliphatic carbocycles. The van der Waals surface area contributed by atoms with Gasteiger partial charge in [-0.25, -0.2) is 0 Å². The zero-order valence-corrected chi connectivity index (χ0v) is 20.4. The molecule has 6 rings (SSSR count). The second kappa shape index (κ2) is 8.19. The number of aliphatic hydroxyl groups excluding tert-OH is 2. The van der Waals surface area contributed by atoms with Crippen LogP contribution in [-0.2, 0) is 4.74 Å². The van der Waals surface area contributed by atoms with Crippen molar-refractivity contribution < 1.29 is 14.9 Å². The van der Waals surface area contributed by atoms with Crippen LogP contribution in [0, 0.1) is 34.5 Å². The zero-order valence-electron chi connectivity index (χ0n) is 20.4. The van der Waals surface area contributed by atoms with E-state index in [1.807, 2.05) is 0 Å². The Morgan fingerprint density at radius 2 is 1.50 bits per heavy atom. The van der Waals surface area contributed by atoms with Crippen LogP contribution in [-0.4, -0.2) is 83.7 Å². The van der Waals surface area contributed by atoms with Gasteiger partial charge in [0.25, 0.3) is 0 Å². The molecule has 0 aromatic rings. The molecule has 32 heavy (non-hydrogen) atoms. The molecule has 5 nitrogen and oxygen atoms in total. The zero-order chi connectivity index (χ0) is 22.1. The lowest BCUT2D eigenvalue weighted by molar-refractivity contribution is -0.159. The molecule has 2 aliphatic heterocycles. The van der Waals surface area contributed by atoms with Crippen LogP contribution in [0.1, 0.15) is 71.6 Å². The molecule has 2 N–H and O–H groups in total. The Morgan fingerprint density at radius 3 is 2.25 bits per heavy atom. The molecule has 0 aromatic carbocycles. The first-order chi connectivity index (χ1) is 15.4. The van der Waals surface area contributed by atoms with Gasteiger partial charge in [0.2, 0.25) is 0 Å². The summed E-state index contributed by atoms with van der Waals surface area (Å²) >= 11 is 0. The molecule has 0 aromatic heterocycles. The van der Waals surface area contributed by atoms with Gasteiger partial charge in [-0.2, -0.15) is 0 Å². The third kappa shape index (κ3) is 3.28. The Morgan fingerprint density at radius 1 is 0.781 bits per heavy atom. The smallest absolute Gasteiger partial charge is 0.0751 e. The van der Waals surface area contributed by atoms with Crippen molar-refractivity contribution in [1.82, 2.24) is 9.80 Å². The number of hydrogen-bond acceptors (Lipinski definition) is 5. The Kier molecular flexibility index (Phi) is 5.70. The van der Waals surface area contributed by atoms with Crippen LogP contribution < -0.4 is 0 Å². The lowest BCUT2D eigenvalue weighted by atomic mass is 9.44. The summed E-state index contributed by atoms with van der Waals surface area (Å²) in [5, 5.41) is 22.9. The molecule has 0 amide bonds. The Bertz CT molecular complexity index is 692. The van der Waals surface area contributed by atoms with Crippen LogP contribution >= 0.6 is 0 Å². The van der Waals surface area contributed by atoms with Crippen molar-refractivity contribution in [2.45, 2.75) is 95.9 Å². The number of likely N-dealkylation sites (tertiary alicyclic amines) is 1. The van der Waals surface area contributed by atoms with Crippen molar-refractivity contribution in [2.75, 3.05) is 39.4 Å². The van der Waals surface area contributed by atoms with Crippen molar-refractivity contribution in [3.63, 3.8) is 0 Å². The van der Waals surface area contributed by atoms with Gasteiger partial charge < -0.3 is 14.9 Å². The molecule has 4 saturated carbocycles. The van der Waals surface area contributed by atoms with Gasteiger partial charge in [0.15, 0.2) is 0 Å². The average molecular weight is 447 g/mol. The largest absolute Gasteiger partial charge is 0.391 e. The normalized spacial score (nSPS) is 54.8. The fourth-order valence-electron chi connectivity index (χ4n) is 9.99. The fraction of sp³-hybridized carbons (Fsp3) is 1.00. The second-order valence-electron chi connectivity index (χ2n) is 12.9. The van der Waals surface area contributed by atoms with Crippen LogP contribution in [0.5, 0.6) is 0 Å². The van der Waals surface area contributed by atoms with E-state index in [-0.39, 0.29) is 23.0 Å². The summed E-state index contributed by atoms with van der Waals surface area (Å²) < 4.78 is 5.58. The van der Waals surface area contributed by atoms with E-state index in [2.05, 4.69) is 23.6 Å². The molecule has 2 heterocycles. The minimum atomic E-state index is -0.201. The average Bonchev–Trinajstić information content (AvgIpc) is 3.40. The minimum absolute atomic E-state index is 0.0985. The summed E-state index contributed by atoms with van der Waals surface area (Å²) in [7, 11) is 0. The number of fused-ring (bicyclic) bond motifs is 5. The van der Waals surface area contributed by atoms with E-state index in [0.29, 0.717) is 18.0 Å². The SMILES string of the molecule is C[C@]12CCC3C(CC[C@H]4C[C@@H](N5CCOCC5)[C@H](O)C[C@]34C)C1C[C@H](N1CCCC1)[C@@H]2O. The van der Waals surface area contributed by atoms with Crippen LogP contribution in [0.4, 0.5) is 0 Å². The molecule has 0 radical (unpaired) electrons. The van der Waals surface area contributed by atoms with Crippen LogP contribution in [0.2, 0.25) is 0 Å². The summed E-state index contributed by atoms with van der Waals surface area (Å²) in [5.74, 6) is 2.87. The predicted octanol–water partition coefficient (Wildman–Crippen LogP) is 3.14. The van der Waals surface area contributed by atoms with Crippen LogP contribution in [0.25, 0.3) is 0 Å². The number of hydrogen-bond donors (Lipinski definition) is 2. The number of aliphatic hydroxyl groups is 2. The molecule has 0 bridgehead atoms. The van der Waals surface area contributed by atoms with Crippen molar-refractivity contribution in [3.8, 4) is 0 Å². The van der Waals surface area contributed by atoms with Crippen molar-refractivity contribution in [3.05, 3.63) is 0 Å². The van der Waals surface area contributed by atoms with Gasteiger partial charge in [-0.3, -0.25) is 9.80 Å². The molecule has 2 saturated heterocycles. The maximum absolute atomic E-state index is 11.5. The van der Waals surface area contributed by atoms with E-state index in [4.69, 9.17) is 4.74 Å². The van der Waals surface area contributed by atoms with E-state index in [9.17, 15) is 10.2 Å². The molecular formula is C27H46N2O3. The third-order valence-corrected chi connectivity index (χ3v) is 11.8. The Hall–Kier alpha value is -0.200. The van der Waals surface area contributed by atoms with Gasteiger partial charge in [-0.1, -0.05) is 13.8 Å². The van der Waals surface area contributed by atoms with Gasteiger partial charge in [-0.05, 0) is 105 Å². The monoisotopic (exact) mass is 446 g/mol. The first-order valence-electron chi connectivity index (χ1n) is 13.8. The molecule has 0 spiro atoms. The Labute approximate surface area is 194 Å². The first kappa shape index (κ1) is 22.3. The summed E-state index contributed by atoms with van der Waals surface area (Å²) in [5.41, 5.74) is 0.365. The summed E-state index contributed by atoms with van der Waals surface area (Å²) in [6.45, 7) is 10.9. The molecule has 182 valence electrons.